The van der Waals surface area contributed by atoms with E-state index in [0.29, 0.717) is 6.54 Å². The van der Waals surface area contributed by atoms with E-state index in [0.717, 1.165) is 30.0 Å². The molecule has 1 aromatic heterocycles. The van der Waals surface area contributed by atoms with E-state index >= 15 is 0 Å². The fourth-order valence-corrected chi connectivity index (χ4v) is 3.31. The number of hydrogen-bond acceptors (Lipinski definition) is 5. The number of hydrogen-bond donors (Lipinski definition) is 2. The molecule has 1 aliphatic heterocycles. The average molecular weight is 297 g/mol. The van der Waals surface area contributed by atoms with Crippen molar-refractivity contribution in [1.82, 2.24) is 10.3 Å². The molecule has 1 unspecified atom stereocenters. The Morgan fingerprint density at radius 2 is 2.40 bits per heavy atom. The molecule has 3 N–H and O–H groups in total. The maximum Gasteiger partial charge on any atom is 0.249 e. The molecule has 6 heteroatoms. The van der Waals surface area contributed by atoms with Crippen molar-refractivity contribution in [2.24, 2.45) is 5.73 Å². The largest absolute Gasteiger partial charge is 0.364 e. The van der Waals surface area contributed by atoms with Crippen LogP contribution in [0.4, 0.5) is 0 Å². The number of aromatic nitrogens is 1. The minimum atomic E-state index is -0.430. The van der Waals surface area contributed by atoms with Gasteiger partial charge in [0.15, 0.2) is 0 Å². The molecule has 0 spiro atoms. The van der Waals surface area contributed by atoms with Gasteiger partial charge in [0.05, 0.1) is 11.6 Å². The molecule has 5 nitrogen and oxygen atoms in total. The first-order chi connectivity index (χ1) is 9.48. The summed E-state index contributed by atoms with van der Waals surface area (Å²) in [5, 5.41) is 6.05. The molecule has 112 valence electrons. The van der Waals surface area contributed by atoms with Gasteiger partial charge in [0, 0.05) is 17.6 Å². The van der Waals surface area contributed by atoms with Crippen molar-refractivity contribution in [3.05, 3.63) is 16.1 Å². The smallest absolute Gasteiger partial charge is 0.249 e. The Hall–Kier alpha value is -0.980. The normalized spacial score (nSPS) is 25.4. The van der Waals surface area contributed by atoms with Crippen LogP contribution in [0.5, 0.6) is 0 Å². The van der Waals surface area contributed by atoms with E-state index in [-0.39, 0.29) is 18.1 Å². The van der Waals surface area contributed by atoms with E-state index in [1.807, 2.05) is 19.2 Å². The summed E-state index contributed by atoms with van der Waals surface area (Å²) in [5.41, 5.74) is 6.13. The Bertz CT molecular complexity index is 477. The molecule has 20 heavy (non-hydrogen) atoms. The zero-order valence-corrected chi connectivity index (χ0v) is 13.1. The van der Waals surface area contributed by atoms with Crippen LogP contribution < -0.4 is 11.1 Å². The van der Waals surface area contributed by atoms with Crippen molar-refractivity contribution < 1.29 is 9.53 Å². The summed E-state index contributed by atoms with van der Waals surface area (Å²) in [4.78, 5) is 16.9. The Balaban J connectivity index is 2.04. The number of carbonyl (C=O) groups excluding carboxylic acids is 1. The van der Waals surface area contributed by atoms with Gasteiger partial charge in [-0.25, -0.2) is 4.98 Å². The number of nitrogens with zero attached hydrogens (tertiary/aromatic N) is 1. The molecule has 1 saturated heterocycles. The molecule has 1 aliphatic rings. The summed E-state index contributed by atoms with van der Waals surface area (Å²) < 4.78 is 5.65. The van der Waals surface area contributed by atoms with Crippen LogP contribution in [0.25, 0.3) is 0 Å². The number of carbonyl (C=O) groups is 1. The standard InChI is InChI=1S/C14H23N3O2S/c1-4-14(3,13-16-9(2)8-20-13)17-12(18)11-6-5-10(7-15)19-11/h8,10-11H,4-7,15H2,1-3H3,(H,17,18)/t10-,11+,14?/m1/s1. The predicted molar refractivity (Wildman–Crippen MR) is 79.6 cm³/mol. The monoisotopic (exact) mass is 297 g/mol. The molecular formula is C14H23N3O2S. The van der Waals surface area contributed by atoms with Crippen LogP contribution in [0.1, 0.15) is 43.8 Å². The molecule has 2 heterocycles. The van der Waals surface area contributed by atoms with Crippen LogP contribution in [-0.4, -0.2) is 29.6 Å². The van der Waals surface area contributed by atoms with Crippen molar-refractivity contribution in [3.63, 3.8) is 0 Å². The molecule has 1 amide bonds. The summed E-state index contributed by atoms with van der Waals surface area (Å²) in [6.07, 6.45) is 2.02. The second kappa shape index (κ2) is 6.20. The minimum absolute atomic E-state index is 0.0146. The van der Waals surface area contributed by atoms with Crippen LogP contribution in [0.15, 0.2) is 5.38 Å². The number of aryl methyl sites for hydroxylation is 1. The summed E-state index contributed by atoms with van der Waals surface area (Å²) in [6.45, 7) is 6.50. The molecule has 0 radical (unpaired) electrons. The molecule has 3 atom stereocenters. The van der Waals surface area contributed by atoms with Gasteiger partial charge >= 0.3 is 0 Å². The summed E-state index contributed by atoms with van der Waals surface area (Å²) in [7, 11) is 0. The molecular weight excluding hydrogens is 274 g/mol. The second-order valence-corrected chi connectivity index (χ2v) is 6.39. The van der Waals surface area contributed by atoms with Crippen LogP contribution in [0.3, 0.4) is 0 Å². The van der Waals surface area contributed by atoms with Gasteiger partial charge in [0.2, 0.25) is 5.91 Å². The highest BCUT2D eigenvalue weighted by Crippen LogP contribution is 2.28. The zero-order chi connectivity index (χ0) is 14.8. The van der Waals surface area contributed by atoms with Crippen LogP contribution in [0, 0.1) is 6.92 Å². The van der Waals surface area contributed by atoms with E-state index < -0.39 is 5.54 Å². The maximum atomic E-state index is 12.4. The van der Waals surface area contributed by atoms with Gasteiger partial charge < -0.3 is 15.8 Å². The lowest BCUT2D eigenvalue weighted by atomic mass is 9.99. The molecule has 0 bridgehead atoms. The van der Waals surface area contributed by atoms with E-state index in [9.17, 15) is 4.79 Å². The third-order valence-electron chi connectivity index (χ3n) is 3.86. The number of nitrogens with one attached hydrogen (secondary N) is 1. The Morgan fingerprint density at radius 3 is 2.90 bits per heavy atom. The summed E-state index contributed by atoms with van der Waals surface area (Å²) in [5.74, 6) is -0.0573. The Morgan fingerprint density at radius 1 is 1.65 bits per heavy atom. The number of ether oxygens (including phenoxy) is 1. The van der Waals surface area contributed by atoms with E-state index in [4.69, 9.17) is 10.5 Å². The lowest BCUT2D eigenvalue weighted by molar-refractivity contribution is -0.133. The lowest BCUT2D eigenvalue weighted by Gasteiger charge is -2.28. The van der Waals surface area contributed by atoms with Crippen molar-refractivity contribution in [3.8, 4) is 0 Å². The van der Waals surface area contributed by atoms with E-state index in [2.05, 4.69) is 17.2 Å². The third kappa shape index (κ3) is 3.19. The van der Waals surface area contributed by atoms with Gasteiger partial charge in [-0.05, 0) is 33.1 Å². The zero-order valence-electron chi connectivity index (χ0n) is 12.3. The van der Waals surface area contributed by atoms with Gasteiger partial charge in [0.1, 0.15) is 11.1 Å². The molecule has 0 saturated carbocycles. The fraction of sp³-hybridized carbons (Fsp3) is 0.714. The number of thiazole rings is 1. The second-order valence-electron chi connectivity index (χ2n) is 5.53. The van der Waals surface area contributed by atoms with Gasteiger partial charge in [-0.2, -0.15) is 0 Å². The van der Waals surface area contributed by atoms with Crippen molar-refractivity contribution in [2.75, 3.05) is 6.54 Å². The number of amides is 1. The fourth-order valence-electron chi connectivity index (χ4n) is 2.32. The quantitative estimate of drug-likeness (QED) is 0.867. The number of nitrogens with two attached hydrogens (primary N) is 1. The van der Waals surface area contributed by atoms with Crippen molar-refractivity contribution in [2.45, 2.75) is 57.8 Å². The third-order valence-corrected chi connectivity index (χ3v) is 5.08. The topological polar surface area (TPSA) is 77.2 Å². The highest BCUT2D eigenvalue weighted by molar-refractivity contribution is 7.09. The van der Waals surface area contributed by atoms with Gasteiger partial charge in [-0.1, -0.05) is 6.92 Å². The highest BCUT2D eigenvalue weighted by atomic mass is 32.1. The molecule has 1 fully saturated rings. The van der Waals surface area contributed by atoms with Gasteiger partial charge in [-0.3, -0.25) is 4.79 Å². The van der Waals surface area contributed by atoms with E-state index in [1.54, 1.807) is 11.3 Å². The SMILES string of the molecule is CCC(C)(NC(=O)[C@@H]1CC[C@H](CN)O1)c1nc(C)cs1. The molecule has 0 aliphatic carbocycles. The predicted octanol–water partition coefficient (Wildman–Crippen LogP) is 1.70. The van der Waals surface area contributed by atoms with Crippen LogP contribution in [-0.2, 0) is 15.1 Å². The van der Waals surface area contributed by atoms with Crippen molar-refractivity contribution in [1.29, 1.82) is 0 Å². The highest BCUT2D eigenvalue weighted by Gasteiger charge is 2.35. The summed E-state index contributed by atoms with van der Waals surface area (Å²) >= 11 is 1.58. The first kappa shape index (κ1) is 15.4. The minimum Gasteiger partial charge on any atom is -0.364 e. The molecule has 0 aromatic carbocycles. The van der Waals surface area contributed by atoms with Crippen LogP contribution >= 0.6 is 11.3 Å². The van der Waals surface area contributed by atoms with Gasteiger partial charge in [0.25, 0.3) is 0 Å². The van der Waals surface area contributed by atoms with Gasteiger partial charge in [-0.15, -0.1) is 11.3 Å². The summed E-state index contributed by atoms with van der Waals surface area (Å²) in [6, 6.07) is 0. The Labute approximate surface area is 123 Å². The van der Waals surface area contributed by atoms with Crippen LogP contribution in [0.2, 0.25) is 0 Å². The molecule has 2 rings (SSSR count). The number of rotatable bonds is 5. The average Bonchev–Trinajstić information content (AvgIpc) is 3.07. The van der Waals surface area contributed by atoms with Crippen molar-refractivity contribution >= 4 is 17.2 Å². The Kier molecular flexibility index (Phi) is 4.78. The van der Waals surface area contributed by atoms with E-state index in [1.165, 1.54) is 0 Å². The molecule has 1 aromatic rings. The first-order valence-corrected chi connectivity index (χ1v) is 7.96. The maximum absolute atomic E-state index is 12.4. The lowest BCUT2D eigenvalue weighted by Crippen LogP contribution is -2.47. The first-order valence-electron chi connectivity index (χ1n) is 7.08.